The SMILES string of the molecule is CC(C)CCn1c(C(O)(CO)c2nc3ccc(Br)cc3n2CCC(C)C)nc2ccc(Br)cc21. The molecule has 6 nitrogen and oxygen atoms in total. The average Bonchev–Trinajstić information content (AvgIpc) is 3.33. The van der Waals surface area contributed by atoms with Gasteiger partial charge in [0.2, 0.25) is 5.60 Å². The van der Waals surface area contributed by atoms with Gasteiger partial charge in [-0.05, 0) is 61.1 Å². The number of aromatic nitrogens is 4. The lowest BCUT2D eigenvalue weighted by Crippen LogP contribution is -2.38. The number of nitrogens with zero attached hydrogens (tertiary/aromatic N) is 4. The van der Waals surface area contributed by atoms with Crippen LogP contribution in [0.1, 0.15) is 52.2 Å². The van der Waals surface area contributed by atoms with Gasteiger partial charge in [0.15, 0.2) is 11.6 Å². The van der Waals surface area contributed by atoms with E-state index < -0.39 is 12.2 Å². The smallest absolute Gasteiger partial charge is 0.203 e. The van der Waals surface area contributed by atoms with Crippen LogP contribution in [0.4, 0.5) is 0 Å². The Labute approximate surface area is 217 Å². The summed E-state index contributed by atoms with van der Waals surface area (Å²) in [5.41, 5.74) is 1.64. The van der Waals surface area contributed by atoms with Crippen LogP contribution in [0.3, 0.4) is 0 Å². The molecule has 0 saturated carbocycles. The number of halogens is 2. The fraction of sp³-hybridized carbons (Fsp3) is 0.462. The van der Waals surface area contributed by atoms with E-state index in [2.05, 4.69) is 59.6 Å². The van der Waals surface area contributed by atoms with E-state index in [4.69, 9.17) is 9.97 Å². The summed E-state index contributed by atoms with van der Waals surface area (Å²) in [6.45, 7) is 9.55. The zero-order chi connectivity index (χ0) is 24.6. The molecule has 0 atom stereocenters. The fourth-order valence-corrected chi connectivity index (χ4v) is 4.99. The second-order valence-electron chi connectivity index (χ2n) is 9.82. The molecule has 0 spiro atoms. The highest BCUT2D eigenvalue weighted by molar-refractivity contribution is 9.10. The van der Waals surface area contributed by atoms with Gasteiger partial charge in [0.05, 0.1) is 28.7 Å². The lowest BCUT2D eigenvalue weighted by Gasteiger charge is -2.27. The Morgan fingerprint density at radius 2 is 1.21 bits per heavy atom. The van der Waals surface area contributed by atoms with Crippen molar-refractivity contribution in [3.05, 3.63) is 57.0 Å². The molecule has 4 rings (SSSR count). The molecule has 0 amide bonds. The molecular formula is C26H32Br2N4O2. The van der Waals surface area contributed by atoms with Crippen LogP contribution in [0, 0.1) is 11.8 Å². The van der Waals surface area contributed by atoms with E-state index in [9.17, 15) is 10.2 Å². The number of benzene rings is 2. The molecule has 0 aliphatic heterocycles. The molecule has 0 saturated heterocycles. The van der Waals surface area contributed by atoms with Gasteiger partial charge < -0.3 is 19.3 Å². The first kappa shape index (κ1) is 25.4. The number of aliphatic hydroxyl groups excluding tert-OH is 1. The summed E-state index contributed by atoms with van der Waals surface area (Å²) in [7, 11) is 0. The molecule has 8 heteroatoms. The summed E-state index contributed by atoms with van der Waals surface area (Å²) < 4.78 is 5.97. The van der Waals surface area contributed by atoms with E-state index in [1.54, 1.807) is 0 Å². The van der Waals surface area contributed by atoms with E-state index >= 15 is 0 Å². The Morgan fingerprint density at radius 3 is 1.56 bits per heavy atom. The summed E-state index contributed by atoms with van der Waals surface area (Å²) in [6, 6.07) is 11.8. The van der Waals surface area contributed by atoms with Crippen molar-refractivity contribution in [1.29, 1.82) is 0 Å². The van der Waals surface area contributed by atoms with Crippen LogP contribution in [0.15, 0.2) is 45.3 Å². The Morgan fingerprint density at radius 1 is 0.794 bits per heavy atom. The molecule has 0 unspecified atom stereocenters. The predicted molar refractivity (Wildman–Crippen MR) is 144 cm³/mol. The van der Waals surface area contributed by atoms with Crippen molar-refractivity contribution in [2.45, 2.75) is 59.2 Å². The van der Waals surface area contributed by atoms with E-state index in [0.29, 0.717) is 36.6 Å². The third-order valence-electron chi connectivity index (χ3n) is 6.25. The highest BCUT2D eigenvalue weighted by Crippen LogP contribution is 2.35. The maximum absolute atomic E-state index is 12.2. The number of hydrogen-bond donors (Lipinski definition) is 2. The molecule has 0 aliphatic carbocycles. The largest absolute Gasteiger partial charge is 0.392 e. The minimum absolute atomic E-state index is 0.420. The van der Waals surface area contributed by atoms with Crippen molar-refractivity contribution in [2.24, 2.45) is 11.8 Å². The van der Waals surface area contributed by atoms with Crippen molar-refractivity contribution in [1.82, 2.24) is 19.1 Å². The van der Waals surface area contributed by atoms with E-state index in [-0.39, 0.29) is 0 Å². The van der Waals surface area contributed by atoms with Crippen molar-refractivity contribution < 1.29 is 10.2 Å². The Balaban J connectivity index is 1.96. The predicted octanol–water partition coefficient (Wildman–Crippen LogP) is 6.23. The lowest BCUT2D eigenvalue weighted by molar-refractivity contribution is -0.00251. The lowest BCUT2D eigenvalue weighted by atomic mass is 10.0. The molecule has 4 aromatic rings. The molecule has 2 aromatic carbocycles. The van der Waals surface area contributed by atoms with E-state index in [0.717, 1.165) is 43.9 Å². The van der Waals surface area contributed by atoms with Crippen LogP contribution in [0.2, 0.25) is 0 Å². The minimum atomic E-state index is -1.76. The Hall–Kier alpha value is -1.74. The maximum Gasteiger partial charge on any atom is 0.203 e. The molecule has 0 aliphatic rings. The molecule has 182 valence electrons. The molecule has 0 bridgehead atoms. The first-order valence-corrected chi connectivity index (χ1v) is 13.4. The van der Waals surface area contributed by atoms with Crippen LogP contribution in [0.25, 0.3) is 22.1 Å². The fourth-order valence-electron chi connectivity index (χ4n) is 4.29. The van der Waals surface area contributed by atoms with Gasteiger partial charge in [-0.3, -0.25) is 0 Å². The first-order chi connectivity index (χ1) is 16.1. The Bertz CT molecular complexity index is 1210. The van der Waals surface area contributed by atoms with Crippen LogP contribution >= 0.6 is 31.9 Å². The summed E-state index contributed by atoms with van der Waals surface area (Å²) in [4.78, 5) is 9.69. The summed E-state index contributed by atoms with van der Waals surface area (Å²) >= 11 is 7.14. The number of imidazole rings is 2. The quantitative estimate of drug-likeness (QED) is 0.242. The van der Waals surface area contributed by atoms with Gasteiger partial charge in [0.1, 0.15) is 0 Å². The zero-order valence-corrected chi connectivity index (χ0v) is 23.3. The van der Waals surface area contributed by atoms with Crippen LogP contribution in [0.5, 0.6) is 0 Å². The monoisotopic (exact) mass is 590 g/mol. The molecular weight excluding hydrogens is 560 g/mol. The van der Waals surface area contributed by atoms with Gasteiger partial charge in [-0.2, -0.15) is 0 Å². The standard InChI is InChI=1S/C26H32Br2N4O2/c1-16(2)9-11-31-22-13-18(27)5-7-20(22)29-24(31)26(34,15-33)25-30-21-8-6-19(28)14-23(21)32(25)12-10-17(3)4/h5-8,13-14,16-17,33-34H,9-12,15H2,1-4H3. The number of hydrogen-bond acceptors (Lipinski definition) is 4. The van der Waals surface area contributed by atoms with Crippen molar-refractivity contribution in [2.75, 3.05) is 6.61 Å². The molecule has 2 heterocycles. The summed E-state index contributed by atoms with van der Waals surface area (Å²) in [5.74, 6) is 1.80. The second kappa shape index (κ2) is 10.1. The number of fused-ring (bicyclic) bond motifs is 2. The topological polar surface area (TPSA) is 76.1 Å². The van der Waals surface area contributed by atoms with Gasteiger partial charge in [0, 0.05) is 22.0 Å². The number of aryl methyl sites for hydroxylation is 2. The summed E-state index contributed by atoms with van der Waals surface area (Å²) in [6.07, 6.45) is 1.84. The van der Waals surface area contributed by atoms with Gasteiger partial charge in [0.25, 0.3) is 0 Å². The van der Waals surface area contributed by atoms with Gasteiger partial charge >= 0.3 is 0 Å². The number of aliphatic hydroxyl groups is 2. The third-order valence-corrected chi connectivity index (χ3v) is 7.24. The van der Waals surface area contributed by atoms with Crippen molar-refractivity contribution >= 4 is 53.9 Å². The van der Waals surface area contributed by atoms with Gasteiger partial charge in [-0.15, -0.1) is 0 Å². The minimum Gasteiger partial charge on any atom is -0.392 e. The van der Waals surface area contributed by atoms with Crippen LogP contribution in [-0.4, -0.2) is 35.9 Å². The highest BCUT2D eigenvalue weighted by Gasteiger charge is 2.41. The molecule has 34 heavy (non-hydrogen) atoms. The maximum atomic E-state index is 12.2. The molecule has 0 radical (unpaired) electrons. The van der Waals surface area contributed by atoms with Crippen molar-refractivity contribution in [3.63, 3.8) is 0 Å². The molecule has 0 fully saturated rings. The van der Waals surface area contributed by atoms with Gasteiger partial charge in [-0.25, -0.2) is 9.97 Å². The first-order valence-electron chi connectivity index (χ1n) is 11.8. The zero-order valence-electron chi connectivity index (χ0n) is 20.1. The second-order valence-corrected chi connectivity index (χ2v) is 11.7. The number of rotatable bonds is 9. The average molecular weight is 592 g/mol. The van der Waals surface area contributed by atoms with E-state index in [1.165, 1.54) is 0 Å². The van der Waals surface area contributed by atoms with Gasteiger partial charge in [-0.1, -0.05) is 59.6 Å². The highest BCUT2D eigenvalue weighted by atomic mass is 79.9. The molecule has 2 N–H and O–H groups in total. The van der Waals surface area contributed by atoms with Crippen LogP contribution < -0.4 is 0 Å². The third kappa shape index (κ3) is 4.83. The Kier molecular flexibility index (Phi) is 7.53. The molecule has 2 aromatic heterocycles. The normalized spacial score (nSPS) is 12.6. The van der Waals surface area contributed by atoms with E-state index in [1.807, 2.05) is 45.5 Å². The van der Waals surface area contributed by atoms with Crippen LogP contribution in [-0.2, 0) is 18.7 Å². The van der Waals surface area contributed by atoms with Crippen molar-refractivity contribution in [3.8, 4) is 0 Å². The summed E-state index contributed by atoms with van der Waals surface area (Å²) in [5, 5.41) is 22.8.